The van der Waals surface area contributed by atoms with Gasteiger partial charge in [-0.1, -0.05) is 13.0 Å². The number of carbonyl (C=O) groups is 1. The summed E-state index contributed by atoms with van der Waals surface area (Å²) in [4.78, 5) is 11.0. The molecule has 17 heavy (non-hydrogen) atoms. The van der Waals surface area contributed by atoms with Crippen LogP contribution in [-0.2, 0) is 4.79 Å². The first kappa shape index (κ1) is 13.4. The Bertz CT molecular complexity index is 399. The topological polar surface area (TPSA) is 64.3 Å². The Morgan fingerprint density at radius 3 is 2.82 bits per heavy atom. The van der Waals surface area contributed by atoms with E-state index in [1.165, 1.54) is 12.1 Å². The van der Waals surface area contributed by atoms with Gasteiger partial charge >= 0.3 is 0 Å². The summed E-state index contributed by atoms with van der Waals surface area (Å²) < 4.78 is 31.1. The van der Waals surface area contributed by atoms with Gasteiger partial charge in [0, 0.05) is 0 Å². The number of rotatable bonds is 6. The molecule has 6 heteroatoms. The van der Waals surface area contributed by atoms with Crippen LogP contribution in [0, 0.1) is 11.6 Å². The Hall–Kier alpha value is -1.69. The highest BCUT2D eigenvalue weighted by Gasteiger charge is 2.16. The van der Waals surface area contributed by atoms with Gasteiger partial charge in [-0.05, 0) is 18.7 Å². The minimum absolute atomic E-state index is 0.149. The molecule has 0 aliphatic rings. The van der Waals surface area contributed by atoms with Gasteiger partial charge in [0.1, 0.15) is 12.6 Å². The maximum absolute atomic E-state index is 13.2. The zero-order valence-corrected chi connectivity index (χ0v) is 9.37. The minimum atomic E-state index is -1.08. The number of nitrogens with two attached hydrogens (primary N) is 1. The van der Waals surface area contributed by atoms with E-state index in [1.807, 2.05) is 0 Å². The van der Waals surface area contributed by atoms with E-state index >= 15 is 0 Å². The van der Waals surface area contributed by atoms with Crippen LogP contribution in [0.1, 0.15) is 6.92 Å². The normalized spacial score (nSPS) is 12.2. The van der Waals surface area contributed by atoms with Crippen molar-refractivity contribution in [2.45, 2.75) is 13.0 Å². The second-order valence-corrected chi connectivity index (χ2v) is 3.38. The quantitative estimate of drug-likeness (QED) is 0.778. The summed E-state index contributed by atoms with van der Waals surface area (Å²) in [7, 11) is 0. The number of nitrogens with one attached hydrogen (secondary N) is 1. The number of hydrogen-bond acceptors (Lipinski definition) is 3. The predicted molar refractivity (Wildman–Crippen MR) is 58.5 cm³/mol. The third kappa shape index (κ3) is 3.67. The van der Waals surface area contributed by atoms with Crippen LogP contribution in [0.3, 0.4) is 0 Å². The number of carbonyl (C=O) groups excluding carboxylic acids is 1. The van der Waals surface area contributed by atoms with Crippen LogP contribution >= 0.6 is 0 Å². The molecule has 4 nitrogen and oxygen atoms in total. The molecule has 0 spiro atoms. The van der Waals surface area contributed by atoms with E-state index in [1.54, 1.807) is 6.92 Å². The number of likely N-dealkylation sites (N-methyl/N-ethyl adjacent to an activating group) is 1. The van der Waals surface area contributed by atoms with Gasteiger partial charge < -0.3 is 15.8 Å². The van der Waals surface area contributed by atoms with Crippen LogP contribution < -0.4 is 15.8 Å². The predicted octanol–water partition coefficient (Wildman–Crippen LogP) is 0.807. The fourth-order valence-corrected chi connectivity index (χ4v) is 1.26. The zero-order valence-electron chi connectivity index (χ0n) is 9.37. The Balaban J connectivity index is 2.65. The van der Waals surface area contributed by atoms with Crippen molar-refractivity contribution in [3.8, 4) is 5.75 Å². The summed E-state index contributed by atoms with van der Waals surface area (Å²) in [6.07, 6.45) is 0. The molecule has 0 aliphatic carbocycles. The molecule has 0 saturated heterocycles. The molecule has 0 aliphatic heterocycles. The van der Waals surface area contributed by atoms with E-state index in [9.17, 15) is 13.6 Å². The molecule has 1 rings (SSSR count). The summed E-state index contributed by atoms with van der Waals surface area (Å²) in [5.41, 5.74) is 5.11. The van der Waals surface area contributed by atoms with Crippen LogP contribution in [0.15, 0.2) is 18.2 Å². The molecular formula is C11H14F2N2O2. The maximum Gasteiger partial charge on any atom is 0.238 e. The molecule has 1 amide bonds. The van der Waals surface area contributed by atoms with Gasteiger partial charge in [-0.3, -0.25) is 4.79 Å². The molecule has 1 unspecified atom stereocenters. The van der Waals surface area contributed by atoms with Crippen molar-refractivity contribution < 1.29 is 18.3 Å². The highest BCUT2D eigenvalue weighted by atomic mass is 19.2. The molecule has 0 aromatic heterocycles. The summed E-state index contributed by atoms with van der Waals surface area (Å²) in [5.74, 6) is -2.92. The summed E-state index contributed by atoms with van der Waals surface area (Å²) in [6.45, 7) is 2.16. The third-order valence-corrected chi connectivity index (χ3v) is 2.12. The van der Waals surface area contributed by atoms with Crippen molar-refractivity contribution in [1.82, 2.24) is 5.32 Å². The maximum atomic E-state index is 13.2. The lowest BCUT2D eigenvalue weighted by Gasteiger charge is -2.15. The molecule has 0 fully saturated rings. The molecule has 1 aromatic carbocycles. The largest absolute Gasteiger partial charge is 0.488 e. The van der Waals surface area contributed by atoms with Crippen LogP contribution in [-0.4, -0.2) is 25.1 Å². The van der Waals surface area contributed by atoms with Crippen LogP contribution in [0.2, 0.25) is 0 Å². The van der Waals surface area contributed by atoms with E-state index in [-0.39, 0.29) is 12.4 Å². The molecular weight excluding hydrogens is 230 g/mol. The van der Waals surface area contributed by atoms with E-state index in [4.69, 9.17) is 10.5 Å². The molecule has 0 saturated carbocycles. The lowest BCUT2D eigenvalue weighted by molar-refractivity contribution is -0.120. The molecule has 1 atom stereocenters. The molecule has 0 bridgehead atoms. The van der Waals surface area contributed by atoms with E-state index in [0.717, 1.165) is 6.07 Å². The van der Waals surface area contributed by atoms with Crippen LogP contribution in [0.4, 0.5) is 8.78 Å². The Labute approximate surface area is 97.8 Å². The molecule has 3 N–H and O–H groups in total. The first-order chi connectivity index (χ1) is 8.06. The highest BCUT2D eigenvalue weighted by molar-refractivity contribution is 5.80. The van der Waals surface area contributed by atoms with E-state index < -0.39 is 23.6 Å². The molecule has 0 radical (unpaired) electrons. The van der Waals surface area contributed by atoms with E-state index in [2.05, 4.69) is 5.32 Å². The second-order valence-electron chi connectivity index (χ2n) is 3.38. The summed E-state index contributed by atoms with van der Waals surface area (Å²) in [6, 6.07) is 2.85. The number of hydrogen-bond donors (Lipinski definition) is 2. The highest BCUT2D eigenvalue weighted by Crippen LogP contribution is 2.19. The Morgan fingerprint density at radius 1 is 1.53 bits per heavy atom. The van der Waals surface area contributed by atoms with Gasteiger partial charge in [0.05, 0.1) is 0 Å². The lowest BCUT2D eigenvalue weighted by atomic mass is 10.3. The molecule has 1 aromatic rings. The standard InChI is InChI=1S/C11H14F2N2O2/c1-2-15-8(11(14)16)6-17-9-5-3-4-7(12)10(9)13/h3-5,8,15H,2,6H2,1H3,(H2,14,16). The average molecular weight is 244 g/mol. The van der Waals surface area contributed by atoms with Crippen molar-refractivity contribution >= 4 is 5.91 Å². The SMILES string of the molecule is CCNC(COc1cccc(F)c1F)C(N)=O. The van der Waals surface area contributed by atoms with Crippen LogP contribution in [0.5, 0.6) is 5.75 Å². The van der Waals surface area contributed by atoms with Gasteiger partial charge in [0.15, 0.2) is 11.6 Å². The van der Waals surface area contributed by atoms with Crippen LogP contribution in [0.25, 0.3) is 0 Å². The Kier molecular flexibility index (Phi) is 4.84. The number of primary amides is 1. The Morgan fingerprint density at radius 2 is 2.24 bits per heavy atom. The first-order valence-electron chi connectivity index (χ1n) is 5.15. The zero-order chi connectivity index (χ0) is 12.8. The first-order valence-corrected chi connectivity index (χ1v) is 5.15. The third-order valence-electron chi connectivity index (χ3n) is 2.12. The fraction of sp³-hybridized carbons (Fsp3) is 0.364. The summed E-state index contributed by atoms with van der Waals surface area (Å²) >= 11 is 0. The van der Waals surface area contributed by atoms with Gasteiger partial charge in [-0.2, -0.15) is 4.39 Å². The van der Waals surface area contributed by atoms with Crippen molar-refractivity contribution in [3.63, 3.8) is 0 Å². The van der Waals surface area contributed by atoms with Gasteiger partial charge in [0.2, 0.25) is 11.7 Å². The van der Waals surface area contributed by atoms with Crippen molar-refractivity contribution in [1.29, 1.82) is 0 Å². The number of amides is 1. The van der Waals surface area contributed by atoms with Gasteiger partial charge in [-0.25, -0.2) is 4.39 Å². The fourth-order valence-electron chi connectivity index (χ4n) is 1.26. The number of benzene rings is 1. The van der Waals surface area contributed by atoms with Crippen molar-refractivity contribution in [2.24, 2.45) is 5.73 Å². The number of halogens is 2. The van der Waals surface area contributed by atoms with Crippen molar-refractivity contribution in [3.05, 3.63) is 29.8 Å². The average Bonchev–Trinajstić information content (AvgIpc) is 2.29. The smallest absolute Gasteiger partial charge is 0.238 e. The molecule has 94 valence electrons. The second kappa shape index (κ2) is 6.15. The summed E-state index contributed by atoms with van der Waals surface area (Å²) in [5, 5.41) is 2.77. The van der Waals surface area contributed by atoms with Gasteiger partial charge in [0.25, 0.3) is 0 Å². The monoisotopic (exact) mass is 244 g/mol. The minimum Gasteiger partial charge on any atom is -0.488 e. The molecule has 0 heterocycles. The van der Waals surface area contributed by atoms with E-state index in [0.29, 0.717) is 6.54 Å². The number of ether oxygens (including phenoxy) is 1. The van der Waals surface area contributed by atoms with Crippen molar-refractivity contribution in [2.75, 3.05) is 13.2 Å². The van der Waals surface area contributed by atoms with Gasteiger partial charge in [-0.15, -0.1) is 0 Å². The lowest BCUT2D eigenvalue weighted by Crippen LogP contribution is -2.45.